The summed E-state index contributed by atoms with van der Waals surface area (Å²) in [5, 5.41) is 2.87. The molecule has 2 aliphatic heterocycles. The Balaban J connectivity index is 2.18. The maximum atomic E-state index is 12.7. The van der Waals surface area contributed by atoms with E-state index in [-0.39, 0.29) is 12.0 Å². The van der Waals surface area contributed by atoms with Gasteiger partial charge in [-0.25, -0.2) is 9.79 Å². The first-order chi connectivity index (χ1) is 12.5. The fourth-order valence-electron chi connectivity index (χ4n) is 3.13. The molecule has 0 unspecified atom stereocenters. The van der Waals surface area contributed by atoms with Crippen molar-refractivity contribution in [2.45, 2.75) is 26.8 Å². The second-order valence-corrected chi connectivity index (χ2v) is 6.71. The zero-order valence-electron chi connectivity index (χ0n) is 15.5. The molecule has 0 bridgehead atoms. The number of methoxy groups -OCH3 is 2. The van der Waals surface area contributed by atoms with Gasteiger partial charge in [0.05, 0.1) is 38.1 Å². The monoisotopic (exact) mass is 374 g/mol. The third kappa shape index (κ3) is 3.07. The Bertz CT molecular complexity index is 829. The molecule has 0 spiro atoms. The van der Waals surface area contributed by atoms with Crippen molar-refractivity contribution < 1.29 is 19.0 Å². The molecule has 1 aromatic rings. The number of aliphatic imine (C=N–C) groups is 1. The van der Waals surface area contributed by atoms with Crippen molar-refractivity contribution in [3.63, 3.8) is 0 Å². The van der Waals surface area contributed by atoms with E-state index in [0.717, 1.165) is 16.4 Å². The minimum atomic E-state index is -0.367. The standard InChI is InChI=1S/C19H22N2O4S/c1-6-25-18(22)16-12(3)20-19-21(11(2)10-26-19)17(16)14-8-7-13(23-4)9-15(14)24-5/h7-10,17H,6H2,1-5H3/t17-/m1/s1. The number of thioether (sulfide) groups is 1. The van der Waals surface area contributed by atoms with Gasteiger partial charge in [0.1, 0.15) is 11.5 Å². The predicted molar refractivity (Wildman–Crippen MR) is 102 cm³/mol. The predicted octanol–water partition coefficient (Wildman–Crippen LogP) is 3.86. The topological polar surface area (TPSA) is 60.4 Å². The molecular weight excluding hydrogens is 352 g/mol. The highest BCUT2D eigenvalue weighted by atomic mass is 32.2. The zero-order valence-corrected chi connectivity index (χ0v) is 16.3. The van der Waals surface area contributed by atoms with Crippen molar-refractivity contribution in [3.8, 4) is 11.5 Å². The van der Waals surface area contributed by atoms with Gasteiger partial charge in [-0.15, -0.1) is 0 Å². The van der Waals surface area contributed by atoms with Gasteiger partial charge in [0, 0.05) is 17.3 Å². The molecule has 2 heterocycles. The highest BCUT2D eigenvalue weighted by molar-refractivity contribution is 8.16. The number of hydrogen-bond acceptors (Lipinski definition) is 7. The Morgan fingerprint density at radius 2 is 2.04 bits per heavy atom. The lowest BCUT2D eigenvalue weighted by Gasteiger charge is -2.36. The van der Waals surface area contributed by atoms with Crippen LogP contribution in [0.4, 0.5) is 0 Å². The van der Waals surface area contributed by atoms with E-state index in [0.29, 0.717) is 29.4 Å². The van der Waals surface area contributed by atoms with Crippen LogP contribution in [0.3, 0.4) is 0 Å². The first kappa shape index (κ1) is 18.4. The highest BCUT2D eigenvalue weighted by Gasteiger charge is 2.40. The minimum absolute atomic E-state index is 0.308. The largest absolute Gasteiger partial charge is 0.497 e. The van der Waals surface area contributed by atoms with Gasteiger partial charge in [-0.05, 0) is 38.3 Å². The summed E-state index contributed by atoms with van der Waals surface area (Å²) in [5.74, 6) is 0.979. The number of ether oxygens (including phenoxy) is 3. The number of fused-ring (bicyclic) bond motifs is 1. The van der Waals surface area contributed by atoms with Crippen LogP contribution in [0.2, 0.25) is 0 Å². The molecule has 3 rings (SSSR count). The number of benzene rings is 1. The summed E-state index contributed by atoms with van der Waals surface area (Å²) in [7, 11) is 3.22. The van der Waals surface area contributed by atoms with Crippen LogP contribution in [0.25, 0.3) is 0 Å². The number of hydrogen-bond donors (Lipinski definition) is 0. The molecule has 1 atom stereocenters. The van der Waals surface area contributed by atoms with Crippen LogP contribution in [0.15, 0.2) is 45.6 Å². The molecule has 6 nitrogen and oxygen atoms in total. The smallest absolute Gasteiger partial charge is 0.338 e. The first-order valence-corrected chi connectivity index (χ1v) is 9.20. The second kappa shape index (κ2) is 7.45. The summed E-state index contributed by atoms with van der Waals surface area (Å²) in [4.78, 5) is 19.4. The summed E-state index contributed by atoms with van der Waals surface area (Å²) in [6.45, 7) is 5.95. The Morgan fingerprint density at radius 3 is 2.69 bits per heavy atom. The average molecular weight is 374 g/mol. The van der Waals surface area contributed by atoms with E-state index in [1.165, 1.54) is 0 Å². The summed E-state index contributed by atoms with van der Waals surface area (Å²) in [5.41, 5.74) is 3.06. The number of nitrogens with zero attached hydrogens (tertiary/aromatic N) is 2. The van der Waals surface area contributed by atoms with E-state index in [9.17, 15) is 4.79 Å². The van der Waals surface area contributed by atoms with Gasteiger partial charge in [-0.2, -0.15) is 0 Å². The maximum Gasteiger partial charge on any atom is 0.338 e. The van der Waals surface area contributed by atoms with E-state index in [1.54, 1.807) is 32.9 Å². The van der Waals surface area contributed by atoms with Gasteiger partial charge in [0.2, 0.25) is 0 Å². The molecule has 0 saturated heterocycles. The third-order valence-corrected chi connectivity index (χ3v) is 5.29. The molecule has 138 valence electrons. The van der Waals surface area contributed by atoms with Crippen LogP contribution in [0, 0.1) is 0 Å². The molecule has 0 fully saturated rings. The Kier molecular flexibility index (Phi) is 5.27. The van der Waals surface area contributed by atoms with Crippen molar-refractivity contribution in [1.82, 2.24) is 4.90 Å². The van der Waals surface area contributed by atoms with Crippen molar-refractivity contribution in [3.05, 3.63) is 46.1 Å². The van der Waals surface area contributed by atoms with Crippen LogP contribution < -0.4 is 9.47 Å². The Morgan fingerprint density at radius 1 is 1.27 bits per heavy atom. The fraction of sp³-hybridized carbons (Fsp3) is 0.368. The van der Waals surface area contributed by atoms with E-state index >= 15 is 0 Å². The normalized spacial score (nSPS) is 19.0. The second-order valence-electron chi connectivity index (χ2n) is 5.87. The molecule has 26 heavy (non-hydrogen) atoms. The molecule has 0 N–H and O–H groups in total. The molecule has 0 saturated carbocycles. The fourth-order valence-corrected chi connectivity index (χ4v) is 4.08. The van der Waals surface area contributed by atoms with E-state index in [1.807, 2.05) is 42.4 Å². The highest BCUT2D eigenvalue weighted by Crippen LogP contribution is 2.46. The SMILES string of the molecule is CCOC(=O)C1=C(C)N=C2SC=C(C)N2[C@@H]1c1ccc(OC)cc1OC. The van der Waals surface area contributed by atoms with Crippen molar-refractivity contribution in [2.24, 2.45) is 4.99 Å². The van der Waals surface area contributed by atoms with Gasteiger partial charge in [-0.1, -0.05) is 11.8 Å². The van der Waals surface area contributed by atoms with Crippen LogP contribution in [0.1, 0.15) is 32.4 Å². The number of carbonyl (C=O) groups is 1. The number of esters is 1. The number of allylic oxidation sites excluding steroid dienone is 2. The van der Waals surface area contributed by atoms with Crippen molar-refractivity contribution in [2.75, 3.05) is 20.8 Å². The zero-order chi connectivity index (χ0) is 18.8. The van der Waals surface area contributed by atoms with Crippen LogP contribution in [0.5, 0.6) is 11.5 Å². The third-order valence-electron chi connectivity index (χ3n) is 4.34. The molecular formula is C19H22N2O4S. The molecule has 1 aromatic carbocycles. The molecule has 2 aliphatic rings. The molecule has 7 heteroatoms. The maximum absolute atomic E-state index is 12.7. The van der Waals surface area contributed by atoms with Gasteiger partial charge in [-0.3, -0.25) is 0 Å². The Hall–Kier alpha value is -2.41. The number of rotatable bonds is 5. The summed E-state index contributed by atoms with van der Waals surface area (Å²) in [6, 6.07) is 5.24. The van der Waals surface area contributed by atoms with E-state index in [2.05, 4.69) is 4.99 Å². The van der Waals surface area contributed by atoms with E-state index in [4.69, 9.17) is 14.2 Å². The molecule has 0 radical (unpaired) electrons. The number of carbonyl (C=O) groups excluding carboxylic acids is 1. The van der Waals surface area contributed by atoms with Crippen LogP contribution in [-0.4, -0.2) is 36.9 Å². The molecule has 0 aromatic heterocycles. The van der Waals surface area contributed by atoms with Gasteiger partial charge < -0.3 is 19.1 Å². The lowest BCUT2D eigenvalue weighted by Crippen LogP contribution is -2.36. The molecule has 0 aliphatic carbocycles. The van der Waals surface area contributed by atoms with Crippen molar-refractivity contribution >= 4 is 22.9 Å². The van der Waals surface area contributed by atoms with Gasteiger partial charge in [0.15, 0.2) is 5.17 Å². The molecule has 0 amide bonds. The lowest BCUT2D eigenvalue weighted by molar-refractivity contribution is -0.139. The Labute approximate surface area is 157 Å². The summed E-state index contributed by atoms with van der Waals surface area (Å²) < 4.78 is 16.2. The van der Waals surface area contributed by atoms with E-state index < -0.39 is 0 Å². The average Bonchev–Trinajstić information content (AvgIpc) is 3.00. The quantitative estimate of drug-likeness (QED) is 0.730. The number of amidine groups is 1. The van der Waals surface area contributed by atoms with Crippen LogP contribution in [-0.2, 0) is 9.53 Å². The minimum Gasteiger partial charge on any atom is -0.497 e. The summed E-state index contributed by atoms with van der Waals surface area (Å²) >= 11 is 1.55. The lowest BCUT2D eigenvalue weighted by atomic mass is 9.93. The van der Waals surface area contributed by atoms with Gasteiger partial charge in [0.25, 0.3) is 0 Å². The van der Waals surface area contributed by atoms with Gasteiger partial charge >= 0.3 is 5.97 Å². The summed E-state index contributed by atoms with van der Waals surface area (Å²) in [6.07, 6.45) is 0. The van der Waals surface area contributed by atoms with Crippen molar-refractivity contribution in [1.29, 1.82) is 0 Å². The first-order valence-electron chi connectivity index (χ1n) is 8.33. The van der Waals surface area contributed by atoms with Crippen LogP contribution >= 0.6 is 11.8 Å².